The summed E-state index contributed by atoms with van der Waals surface area (Å²) in [4.78, 5) is 11.3. The monoisotopic (exact) mass is 276 g/mol. The third-order valence-corrected chi connectivity index (χ3v) is 2.78. The molecule has 20 heavy (non-hydrogen) atoms. The van der Waals surface area contributed by atoms with Gasteiger partial charge in [-0.2, -0.15) is 0 Å². The van der Waals surface area contributed by atoms with Crippen LogP contribution in [-0.2, 0) is 0 Å². The van der Waals surface area contributed by atoms with Crippen LogP contribution in [-0.4, -0.2) is 16.8 Å². The summed E-state index contributed by atoms with van der Waals surface area (Å²) in [5.74, 6) is -0.722. The van der Waals surface area contributed by atoms with Crippen molar-refractivity contribution in [2.24, 2.45) is 0 Å². The van der Waals surface area contributed by atoms with Gasteiger partial charge in [0.05, 0.1) is 12.0 Å². The lowest BCUT2D eigenvalue weighted by Gasteiger charge is -2.06. The standard InChI is InChI=1S/C15H16O5/c1-2-3-4-5-8-19-10-6-7-11-12(9-10)20-15(18)14(17)13(11)16/h3-4,6-7,9,16-17H,2,5,8H2,1H3. The van der Waals surface area contributed by atoms with Crippen molar-refractivity contribution in [3.8, 4) is 17.2 Å². The Morgan fingerprint density at radius 3 is 2.80 bits per heavy atom. The third-order valence-electron chi connectivity index (χ3n) is 2.78. The summed E-state index contributed by atoms with van der Waals surface area (Å²) in [5, 5.41) is 19.2. The number of benzene rings is 1. The molecule has 5 nitrogen and oxygen atoms in total. The molecule has 0 unspecified atom stereocenters. The molecule has 106 valence electrons. The molecule has 1 heterocycles. The van der Waals surface area contributed by atoms with E-state index in [1.165, 1.54) is 12.1 Å². The second-order valence-electron chi connectivity index (χ2n) is 4.26. The highest BCUT2D eigenvalue weighted by Gasteiger charge is 2.12. The van der Waals surface area contributed by atoms with Crippen molar-refractivity contribution < 1.29 is 19.4 Å². The summed E-state index contributed by atoms with van der Waals surface area (Å²) in [7, 11) is 0. The van der Waals surface area contributed by atoms with E-state index in [1.54, 1.807) is 6.07 Å². The van der Waals surface area contributed by atoms with Crippen molar-refractivity contribution in [1.82, 2.24) is 0 Å². The van der Waals surface area contributed by atoms with Gasteiger partial charge in [0, 0.05) is 6.07 Å². The Balaban J connectivity index is 2.19. The van der Waals surface area contributed by atoms with E-state index >= 15 is 0 Å². The lowest BCUT2D eigenvalue weighted by Crippen LogP contribution is -1.99. The first-order valence-corrected chi connectivity index (χ1v) is 6.40. The predicted molar refractivity (Wildman–Crippen MR) is 75.4 cm³/mol. The van der Waals surface area contributed by atoms with Crippen molar-refractivity contribution in [2.75, 3.05) is 6.61 Å². The number of rotatable bonds is 5. The molecule has 0 aliphatic heterocycles. The summed E-state index contributed by atoms with van der Waals surface area (Å²) < 4.78 is 10.4. The van der Waals surface area contributed by atoms with Gasteiger partial charge < -0.3 is 19.4 Å². The molecule has 0 amide bonds. The molecule has 5 heteroatoms. The SMILES string of the molecule is CCC=CCCOc1ccc2c(O)c(O)c(=O)oc2c1. The molecule has 2 rings (SSSR count). The van der Waals surface area contributed by atoms with Crippen LogP contribution < -0.4 is 10.4 Å². The first-order valence-electron chi connectivity index (χ1n) is 6.40. The smallest absolute Gasteiger partial charge is 0.382 e. The highest BCUT2D eigenvalue weighted by Crippen LogP contribution is 2.32. The van der Waals surface area contributed by atoms with Gasteiger partial charge in [0.25, 0.3) is 0 Å². The number of aromatic hydroxyl groups is 2. The maximum absolute atomic E-state index is 11.3. The van der Waals surface area contributed by atoms with Crippen LogP contribution in [0, 0.1) is 0 Å². The van der Waals surface area contributed by atoms with Crippen LogP contribution >= 0.6 is 0 Å². The highest BCUT2D eigenvalue weighted by molar-refractivity contribution is 5.86. The van der Waals surface area contributed by atoms with Crippen LogP contribution in [0.2, 0.25) is 0 Å². The molecule has 0 aliphatic carbocycles. The summed E-state index contributed by atoms with van der Waals surface area (Å²) in [6.45, 7) is 2.57. The fourth-order valence-corrected chi connectivity index (χ4v) is 1.77. The molecule has 0 saturated carbocycles. The largest absolute Gasteiger partial charge is 0.504 e. The summed E-state index contributed by atoms with van der Waals surface area (Å²) in [6.07, 6.45) is 5.87. The molecule has 1 aromatic heterocycles. The molecule has 0 aliphatic rings. The van der Waals surface area contributed by atoms with Gasteiger partial charge in [-0.3, -0.25) is 0 Å². The average Bonchev–Trinajstić information content (AvgIpc) is 2.44. The number of allylic oxidation sites excluding steroid dienone is 1. The number of hydrogen-bond donors (Lipinski definition) is 2. The minimum absolute atomic E-state index is 0.173. The van der Waals surface area contributed by atoms with Crippen LogP contribution in [0.25, 0.3) is 11.0 Å². The Morgan fingerprint density at radius 1 is 1.25 bits per heavy atom. The summed E-state index contributed by atoms with van der Waals surface area (Å²) in [5.41, 5.74) is -0.801. The minimum Gasteiger partial charge on any atom is -0.504 e. The average molecular weight is 276 g/mol. The van der Waals surface area contributed by atoms with E-state index in [0.29, 0.717) is 12.4 Å². The van der Waals surface area contributed by atoms with Crippen LogP contribution in [0.4, 0.5) is 0 Å². The number of ether oxygens (including phenoxy) is 1. The van der Waals surface area contributed by atoms with Gasteiger partial charge in [0.1, 0.15) is 11.3 Å². The fourth-order valence-electron chi connectivity index (χ4n) is 1.77. The Morgan fingerprint density at radius 2 is 2.05 bits per heavy atom. The van der Waals surface area contributed by atoms with Crippen LogP contribution in [0.3, 0.4) is 0 Å². The zero-order chi connectivity index (χ0) is 14.5. The molecule has 0 spiro atoms. The summed E-state index contributed by atoms with van der Waals surface area (Å²) >= 11 is 0. The fraction of sp³-hybridized carbons (Fsp3) is 0.267. The van der Waals surface area contributed by atoms with E-state index in [2.05, 4.69) is 13.0 Å². The van der Waals surface area contributed by atoms with Crippen molar-refractivity contribution in [1.29, 1.82) is 0 Å². The first kappa shape index (κ1) is 14.0. The Kier molecular flexibility index (Phi) is 4.30. The van der Waals surface area contributed by atoms with Gasteiger partial charge >= 0.3 is 5.63 Å². The van der Waals surface area contributed by atoms with Crippen molar-refractivity contribution in [3.05, 3.63) is 40.8 Å². The van der Waals surface area contributed by atoms with Gasteiger partial charge in [-0.25, -0.2) is 4.79 Å². The zero-order valence-electron chi connectivity index (χ0n) is 11.1. The normalized spacial score (nSPS) is 11.2. The molecule has 2 N–H and O–H groups in total. The molecule has 2 aromatic rings. The number of hydrogen-bond acceptors (Lipinski definition) is 5. The van der Waals surface area contributed by atoms with E-state index in [0.717, 1.165) is 12.8 Å². The highest BCUT2D eigenvalue weighted by atomic mass is 16.5. The maximum Gasteiger partial charge on any atom is 0.382 e. The van der Waals surface area contributed by atoms with Crippen LogP contribution in [0.15, 0.2) is 39.6 Å². The molecular formula is C15H16O5. The summed E-state index contributed by atoms with van der Waals surface area (Å²) in [6, 6.07) is 4.69. The minimum atomic E-state index is -0.974. The van der Waals surface area contributed by atoms with Crippen molar-refractivity contribution in [2.45, 2.75) is 19.8 Å². The lowest BCUT2D eigenvalue weighted by atomic mass is 10.2. The molecule has 0 bridgehead atoms. The van der Waals surface area contributed by atoms with Gasteiger partial charge in [-0.15, -0.1) is 0 Å². The molecule has 0 saturated heterocycles. The Bertz CT molecular complexity index is 684. The maximum atomic E-state index is 11.3. The molecule has 0 atom stereocenters. The predicted octanol–water partition coefficient (Wildman–Crippen LogP) is 2.94. The van der Waals surface area contributed by atoms with Gasteiger partial charge in [-0.05, 0) is 25.0 Å². The van der Waals surface area contributed by atoms with E-state index in [-0.39, 0.29) is 11.0 Å². The lowest BCUT2D eigenvalue weighted by molar-refractivity contribution is 0.324. The van der Waals surface area contributed by atoms with Crippen molar-refractivity contribution in [3.63, 3.8) is 0 Å². The second-order valence-corrected chi connectivity index (χ2v) is 4.26. The number of fused-ring (bicyclic) bond motifs is 1. The van der Waals surface area contributed by atoms with E-state index < -0.39 is 17.1 Å². The molecule has 0 radical (unpaired) electrons. The Labute approximate surface area is 115 Å². The van der Waals surface area contributed by atoms with Gasteiger partial charge in [-0.1, -0.05) is 19.1 Å². The van der Waals surface area contributed by atoms with Crippen LogP contribution in [0.5, 0.6) is 17.2 Å². The van der Waals surface area contributed by atoms with Gasteiger partial charge in [0.15, 0.2) is 5.75 Å². The zero-order valence-corrected chi connectivity index (χ0v) is 11.1. The van der Waals surface area contributed by atoms with Crippen LogP contribution in [0.1, 0.15) is 19.8 Å². The molecule has 0 fully saturated rings. The molecule has 1 aromatic carbocycles. The van der Waals surface area contributed by atoms with Gasteiger partial charge in [0.2, 0.25) is 5.75 Å². The topological polar surface area (TPSA) is 79.9 Å². The molecular weight excluding hydrogens is 260 g/mol. The first-order chi connectivity index (χ1) is 9.63. The second kappa shape index (κ2) is 6.14. The Hall–Kier alpha value is -2.43. The van der Waals surface area contributed by atoms with E-state index in [9.17, 15) is 15.0 Å². The van der Waals surface area contributed by atoms with E-state index in [4.69, 9.17) is 9.15 Å². The quantitative estimate of drug-likeness (QED) is 0.498. The van der Waals surface area contributed by atoms with E-state index in [1.807, 2.05) is 6.08 Å². The van der Waals surface area contributed by atoms with Crippen molar-refractivity contribution >= 4 is 11.0 Å². The third kappa shape index (κ3) is 2.93.